The Morgan fingerprint density at radius 3 is 2.76 bits per heavy atom. The lowest BCUT2D eigenvalue weighted by atomic mass is 10.1. The van der Waals surface area contributed by atoms with Gasteiger partial charge in [-0.05, 0) is 49.1 Å². The van der Waals surface area contributed by atoms with Crippen molar-refractivity contribution in [2.24, 2.45) is 5.92 Å². The maximum absolute atomic E-state index is 12.6. The van der Waals surface area contributed by atoms with Crippen molar-refractivity contribution in [3.63, 3.8) is 0 Å². The number of alkyl halides is 2. The number of methoxy groups -OCH3 is 1. The molecule has 0 radical (unpaired) electrons. The van der Waals surface area contributed by atoms with Crippen LogP contribution in [0.3, 0.4) is 0 Å². The summed E-state index contributed by atoms with van der Waals surface area (Å²) in [6.07, 6.45) is 3.67. The fourth-order valence-electron chi connectivity index (χ4n) is 2.36. The standard InChI is InChI=1S/C18H17F2NO4/c1-23-17(22)13-3-2-8-21-16(13)12-6-7-14(25-18(19)20)15(9-12)24-10-11-4-5-11/h2-3,6-9,11,18H,4-5,10H2,1H3. The van der Waals surface area contributed by atoms with Crippen LogP contribution in [0.1, 0.15) is 23.2 Å². The molecule has 0 saturated heterocycles. The number of ether oxygens (including phenoxy) is 3. The fourth-order valence-corrected chi connectivity index (χ4v) is 2.36. The molecule has 1 aliphatic carbocycles. The van der Waals surface area contributed by atoms with Gasteiger partial charge in [0.2, 0.25) is 0 Å². The highest BCUT2D eigenvalue weighted by atomic mass is 19.3. The number of esters is 1. The van der Waals surface area contributed by atoms with Crippen molar-refractivity contribution in [1.29, 1.82) is 0 Å². The third-order valence-electron chi connectivity index (χ3n) is 3.82. The molecule has 2 aromatic rings. The van der Waals surface area contributed by atoms with Gasteiger partial charge in [0, 0.05) is 11.8 Å². The highest BCUT2D eigenvalue weighted by molar-refractivity contribution is 5.96. The summed E-state index contributed by atoms with van der Waals surface area (Å²) in [4.78, 5) is 16.1. The summed E-state index contributed by atoms with van der Waals surface area (Å²) in [5, 5.41) is 0. The topological polar surface area (TPSA) is 57.7 Å². The molecule has 0 aliphatic heterocycles. The summed E-state index contributed by atoms with van der Waals surface area (Å²) in [7, 11) is 1.28. The van der Waals surface area contributed by atoms with Gasteiger partial charge in [0.25, 0.3) is 0 Å². The van der Waals surface area contributed by atoms with Crippen molar-refractivity contribution in [3.05, 3.63) is 42.1 Å². The van der Waals surface area contributed by atoms with E-state index in [1.165, 1.54) is 19.4 Å². The highest BCUT2D eigenvalue weighted by Gasteiger charge is 2.23. The Bertz CT molecular complexity index is 762. The summed E-state index contributed by atoms with van der Waals surface area (Å²) < 4.78 is 40.1. The van der Waals surface area contributed by atoms with Gasteiger partial charge in [0.05, 0.1) is 25.0 Å². The number of carbonyl (C=O) groups is 1. The molecule has 0 amide bonds. The number of halogens is 2. The SMILES string of the molecule is COC(=O)c1cccnc1-c1ccc(OC(F)F)c(OCC2CC2)c1. The second-order valence-electron chi connectivity index (χ2n) is 5.69. The van der Waals surface area contributed by atoms with Crippen LogP contribution in [-0.4, -0.2) is 31.3 Å². The molecular formula is C18H17F2NO4. The minimum absolute atomic E-state index is 0.0463. The van der Waals surface area contributed by atoms with Crippen LogP contribution in [0.2, 0.25) is 0 Å². The lowest BCUT2D eigenvalue weighted by Gasteiger charge is -2.14. The Morgan fingerprint density at radius 2 is 2.08 bits per heavy atom. The zero-order chi connectivity index (χ0) is 17.8. The maximum Gasteiger partial charge on any atom is 0.387 e. The van der Waals surface area contributed by atoms with Crippen molar-refractivity contribution in [2.45, 2.75) is 19.5 Å². The van der Waals surface area contributed by atoms with Gasteiger partial charge >= 0.3 is 12.6 Å². The number of rotatable bonds is 7. The van der Waals surface area contributed by atoms with Crippen LogP contribution in [0.25, 0.3) is 11.3 Å². The molecule has 3 rings (SSSR count). The number of hydrogen-bond donors (Lipinski definition) is 0. The number of benzene rings is 1. The van der Waals surface area contributed by atoms with E-state index in [2.05, 4.69) is 9.72 Å². The zero-order valence-electron chi connectivity index (χ0n) is 13.6. The van der Waals surface area contributed by atoms with E-state index in [4.69, 9.17) is 9.47 Å². The van der Waals surface area contributed by atoms with Gasteiger partial charge < -0.3 is 14.2 Å². The summed E-state index contributed by atoms with van der Waals surface area (Å²) in [5.41, 5.74) is 1.21. The lowest BCUT2D eigenvalue weighted by Crippen LogP contribution is -2.07. The molecule has 25 heavy (non-hydrogen) atoms. The van der Waals surface area contributed by atoms with Gasteiger partial charge in [-0.25, -0.2) is 4.79 Å². The van der Waals surface area contributed by atoms with Gasteiger partial charge in [-0.1, -0.05) is 0 Å². The zero-order valence-corrected chi connectivity index (χ0v) is 13.6. The largest absolute Gasteiger partial charge is 0.489 e. The van der Waals surface area contributed by atoms with Crippen LogP contribution < -0.4 is 9.47 Å². The average Bonchev–Trinajstić information content (AvgIpc) is 3.44. The minimum Gasteiger partial charge on any atom is -0.489 e. The Labute approximate surface area is 143 Å². The smallest absolute Gasteiger partial charge is 0.387 e. The maximum atomic E-state index is 12.6. The van der Waals surface area contributed by atoms with Gasteiger partial charge in [-0.15, -0.1) is 0 Å². The summed E-state index contributed by atoms with van der Waals surface area (Å²) in [6, 6.07) is 7.70. The van der Waals surface area contributed by atoms with Crippen molar-refractivity contribution in [3.8, 4) is 22.8 Å². The molecule has 1 aromatic heterocycles. The second-order valence-corrected chi connectivity index (χ2v) is 5.69. The Hall–Kier alpha value is -2.70. The molecule has 1 heterocycles. The summed E-state index contributed by atoms with van der Waals surface area (Å²) >= 11 is 0. The number of hydrogen-bond acceptors (Lipinski definition) is 5. The number of pyridine rings is 1. The van der Waals surface area contributed by atoms with Crippen LogP contribution in [0.5, 0.6) is 11.5 Å². The molecule has 1 fully saturated rings. The summed E-state index contributed by atoms with van der Waals surface area (Å²) in [5.74, 6) is 0.0705. The van der Waals surface area contributed by atoms with Crippen LogP contribution in [0.15, 0.2) is 36.5 Å². The first-order valence-electron chi connectivity index (χ1n) is 7.84. The van der Waals surface area contributed by atoms with Gasteiger partial charge in [-0.3, -0.25) is 4.98 Å². The van der Waals surface area contributed by atoms with Crippen LogP contribution in [0.4, 0.5) is 8.78 Å². The predicted molar refractivity (Wildman–Crippen MR) is 85.9 cm³/mol. The van der Waals surface area contributed by atoms with Crippen molar-refractivity contribution >= 4 is 5.97 Å². The van der Waals surface area contributed by atoms with E-state index >= 15 is 0 Å². The second kappa shape index (κ2) is 7.46. The number of aromatic nitrogens is 1. The summed E-state index contributed by atoms with van der Waals surface area (Å²) in [6.45, 7) is -2.51. The molecule has 0 N–H and O–H groups in total. The van der Waals surface area contributed by atoms with Crippen LogP contribution in [0, 0.1) is 5.92 Å². The van der Waals surface area contributed by atoms with Gasteiger partial charge in [-0.2, -0.15) is 8.78 Å². The van der Waals surface area contributed by atoms with E-state index in [1.807, 2.05) is 0 Å². The third kappa shape index (κ3) is 4.23. The van der Waals surface area contributed by atoms with Crippen molar-refractivity contribution < 1.29 is 27.8 Å². The Balaban J connectivity index is 1.96. The quantitative estimate of drug-likeness (QED) is 0.709. The molecule has 1 aromatic carbocycles. The first kappa shape index (κ1) is 17.1. The minimum atomic E-state index is -2.95. The Kier molecular flexibility index (Phi) is 5.11. The van der Waals surface area contributed by atoms with Gasteiger partial charge in [0.15, 0.2) is 11.5 Å². The first-order valence-corrected chi connectivity index (χ1v) is 7.84. The van der Waals surface area contributed by atoms with E-state index in [0.717, 1.165) is 12.8 Å². The van der Waals surface area contributed by atoms with E-state index in [-0.39, 0.29) is 17.1 Å². The van der Waals surface area contributed by atoms with E-state index in [0.29, 0.717) is 23.8 Å². The number of nitrogens with zero attached hydrogens (tertiary/aromatic N) is 1. The van der Waals surface area contributed by atoms with Crippen LogP contribution >= 0.6 is 0 Å². The van der Waals surface area contributed by atoms with Gasteiger partial charge in [0.1, 0.15) is 0 Å². The molecular weight excluding hydrogens is 332 g/mol. The van der Waals surface area contributed by atoms with Crippen molar-refractivity contribution in [1.82, 2.24) is 4.98 Å². The normalized spacial score (nSPS) is 13.6. The van der Waals surface area contributed by atoms with E-state index in [9.17, 15) is 13.6 Å². The molecule has 5 nitrogen and oxygen atoms in total. The highest BCUT2D eigenvalue weighted by Crippen LogP contribution is 2.36. The molecule has 0 bridgehead atoms. The number of carbonyl (C=O) groups excluding carboxylic acids is 1. The molecule has 0 atom stereocenters. The average molecular weight is 349 g/mol. The fraction of sp³-hybridized carbons (Fsp3) is 0.333. The first-order chi connectivity index (χ1) is 12.1. The molecule has 7 heteroatoms. The predicted octanol–water partition coefficient (Wildman–Crippen LogP) is 3.93. The molecule has 1 saturated carbocycles. The lowest BCUT2D eigenvalue weighted by molar-refractivity contribution is -0.0515. The molecule has 1 aliphatic rings. The Morgan fingerprint density at radius 1 is 1.28 bits per heavy atom. The van der Waals surface area contributed by atoms with E-state index in [1.54, 1.807) is 24.3 Å². The molecule has 0 unspecified atom stereocenters. The van der Waals surface area contributed by atoms with E-state index < -0.39 is 12.6 Å². The van der Waals surface area contributed by atoms with Crippen LogP contribution in [-0.2, 0) is 4.74 Å². The molecule has 0 spiro atoms. The molecule has 132 valence electrons. The monoisotopic (exact) mass is 349 g/mol. The van der Waals surface area contributed by atoms with Crippen molar-refractivity contribution in [2.75, 3.05) is 13.7 Å². The third-order valence-corrected chi connectivity index (χ3v) is 3.82.